The van der Waals surface area contributed by atoms with E-state index in [0.29, 0.717) is 5.69 Å². The van der Waals surface area contributed by atoms with Crippen LogP contribution < -0.4 is 10.5 Å². The molecule has 6 nitrogen and oxygen atoms in total. The van der Waals surface area contributed by atoms with Crippen molar-refractivity contribution in [2.45, 2.75) is 18.4 Å². The smallest absolute Gasteiger partial charge is 0.243 e. The first-order valence-corrected chi connectivity index (χ1v) is 7.63. The zero-order valence-corrected chi connectivity index (χ0v) is 12.2. The Labute approximate surface area is 123 Å². The Morgan fingerprint density at radius 2 is 2.10 bits per heavy atom. The largest absolute Gasteiger partial charge is 0.399 e. The second-order valence-corrected chi connectivity index (χ2v) is 6.15. The van der Waals surface area contributed by atoms with E-state index in [1.54, 1.807) is 24.3 Å². The first kappa shape index (κ1) is 15.0. The fraction of sp³-hybridized carbons (Fsp3) is 0.143. The molecule has 0 saturated carbocycles. The molecular formula is C14H14N4O2S. The summed E-state index contributed by atoms with van der Waals surface area (Å²) in [5.74, 6) is 0. The van der Waals surface area contributed by atoms with Crippen LogP contribution >= 0.6 is 0 Å². The van der Waals surface area contributed by atoms with Gasteiger partial charge in [-0.15, -0.1) is 0 Å². The van der Waals surface area contributed by atoms with Crippen molar-refractivity contribution in [2.75, 3.05) is 5.73 Å². The highest BCUT2D eigenvalue weighted by Gasteiger charge is 2.19. The molecule has 0 unspecified atom stereocenters. The Kier molecular flexibility index (Phi) is 4.21. The van der Waals surface area contributed by atoms with Crippen LogP contribution in [0.25, 0.3) is 0 Å². The number of hydrogen-bond acceptors (Lipinski definition) is 5. The molecule has 2 aromatic rings. The van der Waals surface area contributed by atoms with Gasteiger partial charge in [0.2, 0.25) is 10.0 Å². The number of sulfonamides is 1. The predicted molar refractivity (Wildman–Crippen MR) is 78.6 cm³/mol. The third kappa shape index (κ3) is 3.18. The molecule has 7 heteroatoms. The molecule has 0 aliphatic rings. The molecule has 0 amide bonds. The number of aromatic nitrogens is 1. The molecule has 3 N–H and O–H groups in total. The van der Waals surface area contributed by atoms with Gasteiger partial charge in [-0.2, -0.15) is 5.26 Å². The van der Waals surface area contributed by atoms with Gasteiger partial charge in [-0.05, 0) is 36.2 Å². The summed E-state index contributed by atoms with van der Waals surface area (Å²) in [6.45, 7) is 1.92. The molecule has 1 aromatic heterocycles. The molecule has 1 aromatic carbocycles. The van der Waals surface area contributed by atoms with Crippen LogP contribution in [0.5, 0.6) is 0 Å². The number of anilines is 1. The van der Waals surface area contributed by atoms with Crippen molar-refractivity contribution in [3.8, 4) is 6.07 Å². The number of nitrogens with one attached hydrogen (secondary N) is 1. The first-order valence-electron chi connectivity index (χ1n) is 6.14. The molecule has 2 rings (SSSR count). The summed E-state index contributed by atoms with van der Waals surface area (Å²) in [7, 11) is -3.81. The van der Waals surface area contributed by atoms with E-state index in [1.807, 2.05) is 6.92 Å². The molecular weight excluding hydrogens is 288 g/mol. The molecule has 0 atom stereocenters. The second kappa shape index (κ2) is 5.91. The Balaban J connectivity index is 2.27. The molecule has 0 radical (unpaired) electrons. The lowest BCUT2D eigenvalue weighted by Gasteiger charge is -2.10. The van der Waals surface area contributed by atoms with E-state index in [0.717, 1.165) is 11.1 Å². The highest BCUT2D eigenvalue weighted by molar-refractivity contribution is 7.89. The van der Waals surface area contributed by atoms with Crippen LogP contribution in [0.1, 0.15) is 16.8 Å². The molecule has 0 aliphatic heterocycles. The average Bonchev–Trinajstić information content (AvgIpc) is 2.48. The summed E-state index contributed by atoms with van der Waals surface area (Å²) in [5.41, 5.74) is 7.86. The van der Waals surface area contributed by atoms with Crippen molar-refractivity contribution in [3.05, 3.63) is 53.3 Å². The maximum absolute atomic E-state index is 12.2. The second-order valence-electron chi connectivity index (χ2n) is 4.42. The number of rotatable bonds is 4. The first-order chi connectivity index (χ1) is 9.95. The summed E-state index contributed by atoms with van der Waals surface area (Å²) in [4.78, 5) is 3.62. The highest BCUT2D eigenvalue weighted by Crippen LogP contribution is 2.17. The van der Waals surface area contributed by atoms with Crippen molar-refractivity contribution >= 4 is 15.7 Å². The SMILES string of the molecule is Cc1c(N)cccc1CNS(=O)(=O)c1cccnc1C#N. The maximum atomic E-state index is 12.2. The summed E-state index contributed by atoms with van der Waals surface area (Å²) in [5, 5.41) is 8.93. The third-order valence-corrected chi connectivity index (χ3v) is 4.54. The summed E-state index contributed by atoms with van der Waals surface area (Å²) < 4.78 is 27.0. The van der Waals surface area contributed by atoms with Gasteiger partial charge in [0.25, 0.3) is 0 Å². The minimum atomic E-state index is -3.81. The van der Waals surface area contributed by atoms with Crippen LogP contribution in [0.4, 0.5) is 5.69 Å². The van der Waals surface area contributed by atoms with Crippen LogP contribution in [-0.2, 0) is 16.6 Å². The van der Waals surface area contributed by atoms with Gasteiger partial charge in [0.15, 0.2) is 5.69 Å². The summed E-state index contributed by atoms with van der Waals surface area (Å²) >= 11 is 0. The lowest BCUT2D eigenvalue weighted by Crippen LogP contribution is -2.24. The lowest BCUT2D eigenvalue weighted by molar-refractivity contribution is 0.580. The molecule has 0 saturated heterocycles. The fourth-order valence-corrected chi connectivity index (χ4v) is 2.95. The zero-order chi connectivity index (χ0) is 15.5. The molecule has 0 bridgehead atoms. The zero-order valence-electron chi connectivity index (χ0n) is 11.4. The van der Waals surface area contributed by atoms with Gasteiger partial charge in [-0.1, -0.05) is 12.1 Å². The lowest BCUT2D eigenvalue weighted by atomic mass is 10.1. The molecule has 0 aliphatic carbocycles. The van der Waals surface area contributed by atoms with E-state index in [9.17, 15) is 8.42 Å². The Morgan fingerprint density at radius 1 is 1.33 bits per heavy atom. The average molecular weight is 302 g/mol. The van der Waals surface area contributed by atoms with Crippen LogP contribution in [0.15, 0.2) is 41.4 Å². The topological polar surface area (TPSA) is 109 Å². The van der Waals surface area contributed by atoms with Gasteiger partial charge in [0.05, 0.1) is 0 Å². The summed E-state index contributed by atoms with van der Waals surface area (Å²) in [6, 6.07) is 9.90. The predicted octanol–water partition coefficient (Wildman–Crippen LogP) is 1.32. The van der Waals surface area contributed by atoms with Crippen LogP contribution in [0.2, 0.25) is 0 Å². The van der Waals surface area contributed by atoms with Gasteiger partial charge < -0.3 is 5.73 Å². The van der Waals surface area contributed by atoms with E-state index in [2.05, 4.69) is 9.71 Å². The Bertz CT molecular complexity index is 810. The quantitative estimate of drug-likeness (QED) is 0.828. The number of nitriles is 1. The molecule has 21 heavy (non-hydrogen) atoms. The van der Waals surface area contributed by atoms with Gasteiger partial charge in [0.1, 0.15) is 11.0 Å². The standard InChI is InChI=1S/C14H14N4O2S/c1-10-11(4-2-5-12(10)16)9-18-21(19,20)14-6-3-7-17-13(14)8-15/h2-7,18H,9,16H2,1H3. The maximum Gasteiger partial charge on any atom is 0.243 e. The Morgan fingerprint density at radius 3 is 2.81 bits per heavy atom. The Hall–Kier alpha value is -2.43. The highest BCUT2D eigenvalue weighted by atomic mass is 32.2. The third-order valence-electron chi connectivity index (χ3n) is 3.11. The van der Waals surface area contributed by atoms with E-state index >= 15 is 0 Å². The van der Waals surface area contributed by atoms with E-state index in [-0.39, 0.29) is 17.1 Å². The number of hydrogen-bond donors (Lipinski definition) is 2. The van der Waals surface area contributed by atoms with Crippen molar-refractivity contribution in [1.29, 1.82) is 5.26 Å². The van der Waals surface area contributed by atoms with Crippen LogP contribution in [0.3, 0.4) is 0 Å². The molecule has 0 fully saturated rings. The van der Waals surface area contributed by atoms with Gasteiger partial charge in [-0.25, -0.2) is 18.1 Å². The fourth-order valence-electron chi connectivity index (χ4n) is 1.84. The number of nitrogen functional groups attached to an aromatic ring is 1. The van der Waals surface area contributed by atoms with Crippen molar-refractivity contribution < 1.29 is 8.42 Å². The van der Waals surface area contributed by atoms with Crippen molar-refractivity contribution in [1.82, 2.24) is 9.71 Å². The van der Waals surface area contributed by atoms with Crippen LogP contribution in [-0.4, -0.2) is 13.4 Å². The van der Waals surface area contributed by atoms with E-state index in [1.165, 1.54) is 18.3 Å². The monoisotopic (exact) mass is 302 g/mol. The van der Waals surface area contributed by atoms with E-state index < -0.39 is 10.0 Å². The normalized spacial score (nSPS) is 11.0. The molecule has 0 spiro atoms. The minimum absolute atomic E-state index is 0.0962. The summed E-state index contributed by atoms with van der Waals surface area (Å²) in [6.07, 6.45) is 1.37. The van der Waals surface area contributed by atoms with Gasteiger partial charge >= 0.3 is 0 Å². The van der Waals surface area contributed by atoms with Gasteiger partial charge in [-0.3, -0.25) is 0 Å². The number of pyridine rings is 1. The number of benzene rings is 1. The van der Waals surface area contributed by atoms with Crippen LogP contribution in [0, 0.1) is 18.3 Å². The molecule has 1 heterocycles. The number of nitrogens with two attached hydrogens (primary N) is 1. The number of nitrogens with zero attached hydrogens (tertiary/aromatic N) is 2. The van der Waals surface area contributed by atoms with Gasteiger partial charge in [0, 0.05) is 18.4 Å². The van der Waals surface area contributed by atoms with E-state index in [4.69, 9.17) is 11.0 Å². The van der Waals surface area contributed by atoms with Crippen molar-refractivity contribution in [2.24, 2.45) is 0 Å². The van der Waals surface area contributed by atoms with Crippen molar-refractivity contribution in [3.63, 3.8) is 0 Å². The minimum Gasteiger partial charge on any atom is -0.399 e. The molecule has 108 valence electrons.